The van der Waals surface area contributed by atoms with Crippen molar-refractivity contribution in [2.75, 3.05) is 6.61 Å². The predicted octanol–water partition coefficient (Wildman–Crippen LogP) is 3.29. The Labute approximate surface area is 116 Å². The molecule has 1 fully saturated rings. The summed E-state index contributed by atoms with van der Waals surface area (Å²) >= 11 is 0. The van der Waals surface area contributed by atoms with Crippen LogP contribution >= 0.6 is 0 Å². The average molecular weight is 272 g/mol. The number of rotatable bonds is 5. The number of carbonyl (C=O) groups excluding carboxylic acids is 1. The van der Waals surface area contributed by atoms with Crippen LogP contribution in [0.1, 0.15) is 60.8 Å². The second kappa shape index (κ2) is 6.23. The summed E-state index contributed by atoms with van der Waals surface area (Å²) in [5.41, 5.74) is 0.0112. The van der Waals surface area contributed by atoms with Gasteiger partial charge >= 0.3 is 5.97 Å². The van der Waals surface area contributed by atoms with Crippen LogP contribution in [0.4, 0.5) is 0 Å². The molecule has 0 saturated heterocycles. The Balaban J connectivity index is 2.51. The lowest BCUT2D eigenvalue weighted by molar-refractivity contribution is -0.233. The first kappa shape index (κ1) is 16.4. The fourth-order valence-corrected chi connectivity index (χ4v) is 2.38. The van der Waals surface area contributed by atoms with Gasteiger partial charge < -0.3 is 14.2 Å². The van der Waals surface area contributed by atoms with Crippen molar-refractivity contribution in [2.45, 2.75) is 78.8 Å². The summed E-state index contributed by atoms with van der Waals surface area (Å²) < 4.78 is 16.8. The summed E-state index contributed by atoms with van der Waals surface area (Å²) in [5, 5.41) is 0. The highest BCUT2D eigenvalue weighted by Crippen LogP contribution is 2.39. The molecule has 0 amide bonds. The molecule has 0 radical (unpaired) electrons. The molecule has 0 aromatic rings. The van der Waals surface area contributed by atoms with Gasteiger partial charge in [-0.15, -0.1) is 0 Å². The Kier molecular flexibility index (Phi) is 5.39. The normalized spacial score (nSPS) is 24.2. The molecule has 0 spiro atoms. The van der Waals surface area contributed by atoms with E-state index in [2.05, 4.69) is 13.8 Å². The molecule has 1 rings (SSSR count). The molecule has 2 unspecified atom stereocenters. The van der Waals surface area contributed by atoms with Gasteiger partial charge in [-0.2, -0.15) is 0 Å². The van der Waals surface area contributed by atoms with Gasteiger partial charge in [0.15, 0.2) is 6.29 Å². The van der Waals surface area contributed by atoms with Crippen molar-refractivity contribution in [3.8, 4) is 0 Å². The standard InChI is InChI=1S/C15H28O4/c1-11(16)17-10-13(19-14(2,3)4)18-12-7-8-15(5,6)9-12/h12-13H,7-10H2,1-6H3. The van der Waals surface area contributed by atoms with Crippen LogP contribution in [0, 0.1) is 5.41 Å². The van der Waals surface area contributed by atoms with Gasteiger partial charge in [0.25, 0.3) is 0 Å². The SMILES string of the molecule is CC(=O)OCC(OC1CCC(C)(C)C1)OC(C)(C)C. The third kappa shape index (κ3) is 6.92. The number of carbonyl (C=O) groups is 1. The summed E-state index contributed by atoms with van der Waals surface area (Å²) in [7, 11) is 0. The maximum Gasteiger partial charge on any atom is 0.302 e. The van der Waals surface area contributed by atoms with Gasteiger partial charge in [0, 0.05) is 6.92 Å². The van der Waals surface area contributed by atoms with Gasteiger partial charge in [-0.1, -0.05) is 13.8 Å². The van der Waals surface area contributed by atoms with Crippen molar-refractivity contribution in [2.24, 2.45) is 5.41 Å². The van der Waals surface area contributed by atoms with Gasteiger partial charge in [0.2, 0.25) is 0 Å². The molecule has 0 aliphatic heterocycles. The summed E-state index contributed by atoms with van der Waals surface area (Å²) in [5.74, 6) is -0.308. The summed E-state index contributed by atoms with van der Waals surface area (Å²) in [6.45, 7) is 12.0. The maximum atomic E-state index is 10.9. The smallest absolute Gasteiger partial charge is 0.302 e. The minimum absolute atomic E-state index is 0.156. The van der Waals surface area contributed by atoms with Crippen LogP contribution in [0.2, 0.25) is 0 Å². The van der Waals surface area contributed by atoms with Crippen LogP contribution in [0.5, 0.6) is 0 Å². The van der Waals surface area contributed by atoms with E-state index in [9.17, 15) is 4.79 Å². The number of hydrogen-bond donors (Lipinski definition) is 0. The summed E-state index contributed by atoms with van der Waals surface area (Å²) in [4.78, 5) is 10.9. The predicted molar refractivity (Wildman–Crippen MR) is 73.8 cm³/mol. The quantitative estimate of drug-likeness (QED) is 0.569. The largest absolute Gasteiger partial charge is 0.460 e. The fourth-order valence-electron chi connectivity index (χ4n) is 2.38. The molecular formula is C15H28O4. The molecule has 0 bridgehead atoms. The molecular weight excluding hydrogens is 244 g/mol. The Bertz CT molecular complexity index is 304. The highest BCUT2D eigenvalue weighted by atomic mass is 16.7. The highest BCUT2D eigenvalue weighted by Gasteiger charge is 2.34. The average Bonchev–Trinajstić information content (AvgIpc) is 2.52. The third-order valence-corrected chi connectivity index (χ3v) is 3.18. The monoisotopic (exact) mass is 272 g/mol. The van der Waals surface area contributed by atoms with E-state index >= 15 is 0 Å². The van der Waals surface area contributed by atoms with E-state index in [1.54, 1.807) is 0 Å². The van der Waals surface area contributed by atoms with E-state index in [4.69, 9.17) is 14.2 Å². The van der Waals surface area contributed by atoms with Crippen molar-refractivity contribution < 1.29 is 19.0 Å². The number of ether oxygens (including phenoxy) is 3. The Morgan fingerprint density at radius 2 is 2.00 bits per heavy atom. The molecule has 112 valence electrons. The molecule has 0 aromatic heterocycles. The first-order valence-electron chi connectivity index (χ1n) is 7.04. The first-order valence-corrected chi connectivity index (χ1v) is 7.04. The zero-order valence-corrected chi connectivity index (χ0v) is 13.1. The molecule has 1 aliphatic carbocycles. The lowest BCUT2D eigenvalue weighted by Crippen LogP contribution is -2.35. The van der Waals surface area contributed by atoms with Gasteiger partial charge in [-0.3, -0.25) is 4.79 Å². The van der Waals surface area contributed by atoms with Crippen LogP contribution in [0.3, 0.4) is 0 Å². The van der Waals surface area contributed by atoms with Crippen molar-refractivity contribution in [3.63, 3.8) is 0 Å². The highest BCUT2D eigenvalue weighted by molar-refractivity contribution is 5.65. The number of esters is 1. The van der Waals surface area contributed by atoms with Crippen molar-refractivity contribution in [1.29, 1.82) is 0 Å². The van der Waals surface area contributed by atoms with Crippen LogP contribution in [0.25, 0.3) is 0 Å². The maximum absolute atomic E-state index is 10.9. The van der Waals surface area contributed by atoms with Crippen LogP contribution < -0.4 is 0 Å². The molecule has 0 aromatic carbocycles. The third-order valence-electron chi connectivity index (χ3n) is 3.18. The molecule has 4 heteroatoms. The summed E-state index contributed by atoms with van der Waals surface area (Å²) in [6, 6.07) is 0. The van der Waals surface area contributed by atoms with E-state index < -0.39 is 6.29 Å². The van der Waals surface area contributed by atoms with Gasteiger partial charge in [-0.25, -0.2) is 0 Å². The zero-order chi connectivity index (χ0) is 14.7. The van der Waals surface area contributed by atoms with Crippen LogP contribution in [0.15, 0.2) is 0 Å². The van der Waals surface area contributed by atoms with E-state index in [-0.39, 0.29) is 24.3 Å². The summed E-state index contributed by atoms with van der Waals surface area (Å²) in [6.07, 6.45) is 2.93. The van der Waals surface area contributed by atoms with E-state index in [1.807, 2.05) is 20.8 Å². The van der Waals surface area contributed by atoms with Crippen molar-refractivity contribution in [1.82, 2.24) is 0 Å². The van der Waals surface area contributed by atoms with Crippen molar-refractivity contribution in [3.05, 3.63) is 0 Å². The second-order valence-electron chi connectivity index (χ2n) is 7.13. The molecule has 4 nitrogen and oxygen atoms in total. The van der Waals surface area contributed by atoms with Crippen molar-refractivity contribution >= 4 is 5.97 Å². The molecule has 2 atom stereocenters. The minimum Gasteiger partial charge on any atom is -0.460 e. The topological polar surface area (TPSA) is 44.8 Å². The van der Waals surface area contributed by atoms with E-state index in [1.165, 1.54) is 6.92 Å². The van der Waals surface area contributed by atoms with Crippen LogP contribution in [-0.2, 0) is 19.0 Å². The molecule has 19 heavy (non-hydrogen) atoms. The Hall–Kier alpha value is -0.610. The molecule has 1 aliphatic rings. The second-order valence-corrected chi connectivity index (χ2v) is 7.13. The first-order chi connectivity index (χ1) is 8.57. The molecule has 0 N–H and O–H groups in total. The molecule has 0 heterocycles. The molecule has 1 saturated carbocycles. The lowest BCUT2D eigenvalue weighted by atomic mass is 9.92. The zero-order valence-electron chi connectivity index (χ0n) is 13.1. The van der Waals surface area contributed by atoms with E-state index in [0.717, 1.165) is 19.3 Å². The Morgan fingerprint density at radius 3 is 2.42 bits per heavy atom. The Morgan fingerprint density at radius 1 is 1.37 bits per heavy atom. The van der Waals surface area contributed by atoms with Gasteiger partial charge in [-0.05, 0) is 45.4 Å². The fraction of sp³-hybridized carbons (Fsp3) is 0.933. The minimum atomic E-state index is -0.484. The van der Waals surface area contributed by atoms with E-state index in [0.29, 0.717) is 5.41 Å². The van der Waals surface area contributed by atoms with Crippen LogP contribution in [-0.4, -0.2) is 30.6 Å². The lowest BCUT2D eigenvalue weighted by Gasteiger charge is -2.29. The number of hydrogen-bond acceptors (Lipinski definition) is 4. The van der Waals surface area contributed by atoms with Gasteiger partial charge in [0.05, 0.1) is 11.7 Å². The van der Waals surface area contributed by atoms with Gasteiger partial charge in [0.1, 0.15) is 6.61 Å².